The molecule has 2 aliphatic rings. The molecular weight excluding hydrogens is 269 g/mol. The molecular formula is C14H17F3N2O. The number of hydrogen-bond acceptors (Lipinski definition) is 2. The summed E-state index contributed by atoms with van der Waals surface area (Å²) in [5, 5.41) is 3.24. The van der Waals surface area contributed by atoms with Gasteiger partial charge < -0.3 is 9.88 Å². The Labute approximate surface area is 114 Å². The minimum atomic E-state index is -4.24. The highest BCUT2D eigenvalue weighted by Crippen LogP contribution is 2.48. The lowest BCUT2D eigenvalue weighted by molar-refractivity contribution is -0.127. The molecule has 6 heteroatoms. The van der Waals surface area contributed by atoms with Crippen LogP contribution < -0.4 is 10.9 Å². The van der Waals surface area contributed by atoms with Gasteiger partial charge in [-0.3, -0.25) is 4.79 Å². The Kier molecular flexibility index (Phi) is 3.16. The third kappa shape index (κ3) is 2.75. The minimum Gasteiger partial charge on any atom is -0.316 e. The number of nitrogens with zero attached hydrogens (tertiary/aromatic N) is 1. The van der Waals surface area contributed by atoms with Crippen molar-refractivity contribution in [3.63, 3.8) is 0 Å². The van der Waals surface area contributed by atoms with Gasteiger partial charge in [-0.05, 0) is 29.7 Å². The van der Waals surface area contributed by atoms with Crippen LogP contribution in [0.25, 0.3) is 0 Å². The van der Waals surface area contributed by atoms with Crippen molar-refractivity contribution >= 4 is 0 Å². The Morgan fingerprint density at radius 3 is 2.55 bits per heavy atom. The van der Waals surface area contributed by atoms with Crippen molar-refractivity contribution in [3.05, 3.63) is 34.2 Å². The summed E-state index contributed by atoms with van der Waals surface area (Å²) in [6, 6.07) is 2.50. The first-order chi connectivity index (χ1) is 9.35. The highest BCUT2D eigenvalue weighted by atomic mass is 19.4. The highest BCUT2D eigenvalue weighted by molar-refractivity contribution is 5.12. The van der Waals surface area contributed by atoms with Gasteiger partial charge in [0.2, 0.25) is 0 Å². The molecule has 110 valence electrons. The molecule has 1 aliphatic carbocycles. The Morgan fingerprint density at radius 2 is 2.00 bits per heavy atom. The van der Waals surface area contributed by atoms with E-state index in [0.717, 1.165) is 25.9 Å². The van der Waals surface area contributed by atoms with Crippen molar-refractivity contribution in [2.24, 2.45) is 11.3 Å². The van der Waals surface area contributed by atoms with E-state index in [-0.39, 0.29) is 11.1 Å². The molecule has 0 atom stereocenters. The van der Waals surface area contributed by atoms with Crippen LogP contribution in [0.3, 0.4) is 0 Å². The predicted octanol–water partition coefficient (Wildman–Crippen LogP) is 1.95. The third-order valence-electron chi connectivity index (χ3n) is 4.35. The van der Waals surface area contributed by atoms with E-state index < -0.39 is 12.6 Å². The van der Waals surface area contributed by atoms with Gasteiger partial charge in [0.05, 0.1) is 6.42 Å². The van der Waals surface area contributed by atoms with E-state index >= 15 is 0 Å². The smallest absolute Gasteiger partial charge is 0.316 e. The predicted molar refractivity (Wildman–Crippen MR) is 68.5 cm³/mol. The largest absolute Gasteiger partial charge is 0.393 e. The fourth-order valence-corrected chi connectivity index (χ4v) is 3.40. The van der Waals surface area contributed by atoms with Crippen LogP contribution in [0, 0.1) is 11.3 Å². The van der Waals surface area contributed by atoms with Crippen molar-refractivity contribution in [3.8, 4) is 0 Å². The molecule has 2 heterocycles. The lowest BCUT2D eigenvalue weighted by Crippen LogP contribution is -2.60. The number of halogens is 3. The number of pyridine rings is 1. The Morgan fingerprint density at radius 1 is 1.30 bits per heavy atom. The van der Waals surface area contributed by atoms with Crippen molar-refractivity contribution in [2.45, 2.75) is 32.0 Å². The normalized spacial score (nSPS) is 21.6. The fourth-order valence-electron chi connectivity index (χ4n) is 3.40. The molecule has 0 aromatic carbocycles. The molecule has 1 aromatic rings. The molecule has 3 rings (SSSR count). The van der Waals surface area contributed by atoms with Crippen LogP contribution in [0.4, 0.5) is 13.2 Å². The van der Waals surface area contributed by atoms with Gasteiger partial charge in [-0.15, -0.1) is 0 Å². The zero-order valence-electron chi connectivity index (χ0n) is 11.0. The molecule has 1 aliphatic heterocycles. The Hall–Kier alpha value is -1.30. The minimum absolute atomic E-state index is 0.149. The first-order valence-corrected chi connectivity index (χ1v) is 6.82. The Bertz CT molecular complexity index is 552. The van der Waals surface area contributed by atoms with E-state index in [1.165, 1.54) is 22.9 Å². The van der Waals surface area contributed by atoms with Gasteiger partial charge in [0.25, 0.3) is 5.56 Å². The molecule has 3 nitrogen and oxygen atoms in total. The second-order valence-electron chi connectivity index (χ2n) is 6.20. The van der Waals surface area contributed by atoms with Crippen LogP contribution in [0.2, 0.25) is 0 Å². The lowest BCUT2D eigenvalue weighted by Gasteiger charge is -2.54. The average molecular weight is 286 g/mol. The molecule has 20 heavy (non-hydrogen) atoms. The maximum atomic E-state index is 12.4. The van der Waals surface area contributed by atoms with Gasteiger partial charge in [-0.2, -0.15) is 13.2 Å². The summed E-state index contributed by atoms with van der Waals surface area (Å²) in [6.07, 6.45) is -1.72. The number of hydrogen-bond donors (Lipinski definition) is 1. The van der Waals surface area contributed by atoms with Gasteiger partial charge in [0.1, 0.15) is 0 Å². The van der Waals surface area contributed by atoms with Gasteiger partial charge in [0.15, 0.2) is 0 Å². The van der Waals surface area contributed by atoms with Gasteiger partial charge in [-0.25, -0.2) is 0 Å². The van der Waals surface area contributed by atoms with E-state index in [0.29, 0.717) is 17.9 Å². The lowest BCUT2D eigenvalue weighted by atomic mass is 9.58. The zero-order valence-corrected chi connectivity index (χ0v) is 11.0. The number of alkyl halides is 3. The Balaban J connectivity index is 1.66. The molecule has 1 N–H and O–H groups in total. The second-order valence-corrected chi connectivity index (χ2v) is 6.20. The fraction of sp³-hybridized carbons (Fsp3) is 0.643. The summed E-state index contributed by atoms with van der Waals surface area (Å²) in [6.45, 7) is 2.60. The topological polar surface area (TPSA) is 34.0 Å². The van der Waals surface area contributed by atoms with E-state index in [9.17, 15) is 18.0 Å². The van der Waals surface area contributed by atoms with Crippen LogP contribution in [0.1, 0.15) is 18.4 Å². The zero-order chi connectivity index (χ0) is 14.4. The molecule has 1 aromatic heterocycles. The molecule has 0 unspecified atom stereocenters. The summed E-state index contributed by atoms with van der Waals surface area (Å²) >= 11 is 0. The van der Waals surface area contributed by atoms with E-state index in [4.69, 9.17) is 0 Å². The molecule has 0 bridgehead atoms. The first kappa shape index (κ1) is 13.7. The van der Waals surface area contributed by atoms with Gasteiger partial charge >= 0.3 is 6.18 Å². The average Bonchev–Trinajstić information content (AvgIpc) is 2.22. The summed E-state index contributed by atoms with van der Waals surface area (Å²) in [5.74, 6) is 0.413. The number of rotatable bonds is 3. The molecule has 1 saturated heterocycles. The molecule has 2 fully saturated rings. The van der Waals surface area contributed by atoms with E-state index in [1.54, 1.807) is 0 Å². The van der Waals surface area contributed by atoms with Crippen molar-refractivity contribution in [1.29, 1.82) is 0 Å². The van der Waals surface area contributed by atoms with Gasteiger partial charge in [0, 0.05) is 31.9 Å². The number of nitrogens with one attached hydrogen (secondary N) is 1. The maximum Gasteiger partial charge on any atom is 0.393 e. The second kappa shape index (κ2) is 4.62. The van der Waals surface area contributed by atoms with Gasteiger partial charge in [-0.1, -0.05) is 6.07 Å². The molecule has 0 radical (unpaired) electrons. The summed E-state index contributed by atoms with van der Waals surface area (Å²) in [5.41, 5.74) is 0.345. The van der Waals surface area contributed by atoms with Crippen LogP contribution in [0.5, 0.6) is 0 Å². The van der Waals surface area contributed by atoms with Crippen molar-refractivity contribution in [2.75, 3.05) is 13.1 Å². The van der Waals surface area contributed by atoms with Crippen LogP contribution in [0.15, 0.2) is 23.1 Å². The van der Waals surface area contributed by atoms with Crippen molar-refractivity contribution in [1.82, 2.24) is 9.88 Å². The molecule has 1 spiro atoms. The SMILES string of the molecule is O=c1ccc(CC(F)(F)F)cn1CC1CC2(CNC2)C1. The maximum absolute atomic E-state index is 12.4. The molecule has 0 amide bonds. The van der Waals surface area contributed by atoms with Crippen LogP contribution >= 0.6 is 0 Å². The first-order valence-electron chi connectivity index (χ1n) is 6.82. The monoisotopic (exact) mass is 286 g/mol. The van der Waals surface area contributed by atoms with E-state index in [1.807, 2.05) is 0 Å². The van der Waals surface area contributed by atoms with Crippen molar-refractivity contribution < 1.29 is 13.2 Å². The summed E-state index contributed by atoms with van der Waals surface area (Å²) in [4.78, 5) is 11.7. The number of aromatic nitrogens is 1. The summed E-state index contributed by atoms with van der Waals surface area (Å²) < 4.78 is 38.6. The summed E-state index contributed by atoms with van der Waals surface area (Å²) in [7, 11) is 0. The molecule has 1 saturated carbocycles. The van der Waals surface area contributed by atoms with Crippen LogP contribution in [-0.4, -0.2) is 23.8 Å². The van der Waals surface area contributed by atoms with E-state index in [2.05, 4.69) is 5.32 Å². The quantitative estimate of drug-likeness (QED) is 0.921. The third-order valence-corrected chi connectivity index (χ3v) is 4.35. The standard InChI is InChI=1S/C14H17F3N2O/c15-14(16,17)5-10-1-2-12(20)19(6-10)7-11-3-13(4-11)8-18-9-13/h1-2,6,11,18H,3-5,7-9H2. The van der Waals surface area contributed by atoms with Crippen LogP contribution in [-0.2, 0) is 13.0 Å². The highest BCUT2D eigenvalue weighted by Gasteiger charge is 2.48.